The minimum atomic E-state index is -0.468. The van der Waals surface area contributed by atoms with Crippen LogP contribution in [0.2, 0.25) is 5.02 Å². The van der Waals surface area contributed by atoms with Crippen LogP contribution in [0.1, 0.15) is 28.8 Å². The highest BCUT2D eigenvalue weighted by Crippen LogP contribution is 2.22. The van der Waals surface area contributed by atoms with Gasteiger partial charge in [-0.25, -0.2) is 4.39 Å². The van der Waals surface area contributed by atoms with E-state index in [9.17, 15) is 14.0 Å². The SMILES string of the molecule is O=C(/C=C/c1ccc(C(=O)NC2CC2)cc1)Nc1ccc(F)cc1Cl. The van der Waals surface area contributed by atoms with Crippen LogP contribution in [0.5, 0.6) is 0 Å². The first kappa shape index (κ1) is 17.2. The number of rotatable bonds is 5. The average molecular weight is 359 g/mol. The molecule has 128 valence electrons. The van der Waals surface area contributed by atoms with Gasteiger partial charge in [-0.3, -0.25) is 9.59 Å². The largest absolute Gasteiger partial charge is 0.349 e. The average Bonchev–Trinajstić information content (AvgIpc) is 3.40. The molecule has 0 aromatic heterocycles. The lowest BCUT2D eigenvalue weighted by Crippen LogP contribution is -2.25. The molecule has 0 heterocycles. The zero-order valence-electron chi connectivity index (χ0n) is 13.3. The molecule has 3 rings (SSSR count). The summed E-state index contributed by atoms with van der Waals surface area (Å²) in [5.41, 5.74) is 1.71. The fourth-order valence-electron chi connectivity index (χ4n) is 2.18. The van der Waals surface area contributed by atoms with Crippen molar-refractivity contribution in [3.8, 4) is 0 Å². The third kappa shape index (κ3) is 4.90. The van der Waals surface area contributed by atoms with E-state index in [2.05, 4.69) is 10.6 Å². The van der Waals surface area contributed by atoms with E-state index in [0.29, 0.717) is 17.3 Å². The van der Waals surface area contributed by atoms with Crippen molar-refractivity contribution in [3.05, 3.63) is 70.5 Å². The summed E-state index contributed by atoms with van der Waals surface area (Å²) in [5, 5.41) is 5.63. The Labute approximate surface area is 149 Å². The Kier molecular flexibility index (Phi) is 5.14. The van der Waals surface area contributed by atoms with Crippen molar-refractivity contribution in [3.63, 3.8) is 0 Å². The molecule has 0 unspecified atom stereocenters. The quantitative estimate of drug-likeness (QED) is 0.793. The van der Waals surface area contributed by atoms with E-state index in [1.807, 2.05) is 0 Å². The van der Waals surface area contributed by atoms with Crippen molar-refractivity contribution >= 4 is 35.2 Å². The van der Waals surface area contributed by atoms with Crippen LogP contribution in [0.15, 0.2) is 48.5 Å². The van der Waals surface area contributed by atoms with E-state index in [1.165, 1.54) is 18.2 Å². The normalized spacial score (nSPS) is 13.7. The van der Waals surface area contributed by atoms with Crippen molar-refractivity contribution in [2.24, 2.45) is 0 Å². The predicted octanol–water partition coefficient (Wildman–Crippen LogP) is 4.02. The van der Waals surface area contributed by atoms with Crippen LogP contribution in [-0.4, -0.2) is 17.9 Å². The molecule has 6 heteroatoms. The molecule has 25 heavy (non-hydrogen) atoms. The highest BCUT2D eigenvalue weighted by Gasteiger charge is 2.23. The van der Waals surface area contributed by atoms with Crippen molar-refractivity contribution in [2.45, 2.75) is 18.9 Å². The van der Waals surface area contributed by atoms with Crippen LogP contribution in [0.4, 0.5) is 10.1 Å². The van der Waals surface area contributed by atoms with Gasteiger partial charge in [0, 0.05) is 17.7 Å². The van der Waals surface area contributed by atoms with Gasteiger partial charge in [-0.2, -0.15) is 0 Å². The van der Waals surface area contributed by atoms with Gasteiger partial charge in [-0.1, -0.05) is 23.7 Å². The summed E-state index contributed by atoms with van der Waals surface area (Å²) in [6.45, 7) is 0. The second kappa shape index (κ2) is 7.49. The Hall–Kier alpha value is -2.66. The number of benzene rings is 2. The number of amides is 2. The molecule has 0 radical (unpaired) electrons. The lowest BCUT2D eigenvalue weighted by atomic mass is 10.1. The molecular weight excluding hydrogens is 343 g/mol. The summed E-state index contributed by atoms with van der Waals surface area (Å²) in [4.78, 5) is 23.8. The van der Waals surface area contributed by atoms with Crippen molar-refractivity contribution in [1.82, 2.24) is 5.32 Å². The number of halogens is 2. The third-order valence-electron chi connectivity index (χ3n) is 3.70. The first-order chi connectivity index (χ1) is 12.0. The van der Waals surface area contributed by atoms with Crippen LogP contribution >= 0.6 is 11.6 Å². The van der Waals surface area contributed by atoms with Gasteiger partial charge >= 0.3 is 0 Å². The smallest absolute Gasteiger partial charge is 0.251 e. The van der Waals surface area contributed by atoms with Gasteiger partial charge in [-0.05, 0) is 54.8 Å². The van der Waals surface area contributed by atoms with Crippen LogP contribution in [0.25, 0.3) is 6.08 Å². The van der Waals surface area contributed by atoms with Crippen molar-refractivity contribution < 1.29 is 14.0 Å². The van der Waals surface area contributed by atoms with E-state index in [1.54, 1.807) is 30.3 Å². The molecule has 2 N–H and O–H groups in total. The molecule has 1 aliphatic carbocycles. The Balaban J connectivity index is 1.58. The molecule has 2 aromatic rings. The maximum atomic E-state index is 13.0. The third-order valence-corrected chi connectivity index (χ3v) is 4.01. The molecule has 1 fully saturated rings. The Morgan fingerprint density at radius 2 is 1.84 bits per heavy atom. The summed E-state index contributed by atoms with van der Waals surface area (Å²) in [5.74, 6) is -0.935. The van der Waals surface area contributed by atoms with Gasteiger partial charge in [0.25, 0.3) is 5.91 Å². The summed E-state index contributed by atoms with van der Waals surface area (Å²) >= 11 is 5.86. The van der Waals surface area contributed by atoms with E-state index >= 15 is 0 Å². The van der Waals surface area contributed by atoms with Crippen LogP contribution < -0.4 is 10.6 Å². The molecular formula is C19H16ClFN2O2. The van der Waals surface area contributed by atoms with E-state index in [4.69, 9.17) is 11.6 Å². The van der Waals surface area contributed by atoms with Gasteiger partial charge in [0.15, 0.2) is 0 Å². The van der Waals surface area contributed by atoms with E-state index in [0.717, 1.165) is 24.5 Å². The van der Waals surface area contributed by atoms with Crippen LogP contribution in [0.3, 0.4) is 0 Å². The monoisotopic (exact) mass is 358 g/mol. The topological polar surface area (TPSA) is 58.2 Å². The van der Waals surface area contributed by atoms with Crippen molar-refractivity contribution in [1.29, 1.82) is 0 Å². The highest BCUT2D eigenvalue weighted by atomic mass is 35.5. The molecule has 2 amide bonds. The molecule has 1 saturated carbocycles. The van der Waals surface area contributed by atoms with E-state index in [-0.39, 0.29) is 16.8 Å². The number of carbonyl (C=O) groups is 2. The fourth-order valence-corrected chi connectivity index (χ4v) is 2.39. The van der Waals surface area contributed by atoms with Gasteiger partial charge in [0.05, 0.1) is 10.7 Å². The lowest BCUT2D eigenvalue weighted by Gasteiger charge is -2.05. The number of hydrogen-bond acceptors (Lipinski definition) is 2. The first-order valence-electron chi connectivity index (χ1n) is 7.86. The number of nitrogens with one attached hydrogen (secondary N) is 2. The maximum absolute atomic E-state index is 13.0. The molecule has 0 aliphatic heterocycles. The number of anilines is 1. The predicted molar refractivity (Wildman–Crippen MR) is 96.0 cm³/mol. The minimum Gasteiger partial charge on any atom is -0.349 e. The minimum absolute atomic E-state index is 0.0817. The van der Waals surface area contributed by atoms with Crippen LogP contribution in [-0.2, 0) is 4.79 Å². The molecule has 0 atom stereocenters. The molecule has 0 bridgehead atoms. The number of hydrogen-bond donors (Lipinski definition) is 2. The van der Waals surface area contributed by atoms with Crippen LogP contribution in [0, 0.1) is 5.82 Å². The fraction of sp³-hybridized carbons (Fsp3) is 0.158. The van der Waals surface area contributed by atoms with Crippen molar-refractivity contribution in [2.75, 3.05) is 5.32 Å². The molecule has 1 aliphatic rings. The molecule has 2 aromatic carbocycles. The molecule has 4 nitrogen and oxygen atoms in total. The van der Waals surface area contributed by atoms with Gasteiger partial charge in [0.2, 0.25) is 5.91 Å². The second-order valence-corrected chi connectivity index (χ2v) is 6.22. The van der Waals surface area contributed by atoms with Gasteiger partial charge in [0.1, 0.15) is 5.82 Å². The second-order valence-electron chi connectivity index (χ2n) is 5.82. The maximum Gasteiger partial charge on any atom is 0.251 e. The number of carbonyl (C=O) groups excluding carboxylic acids is 2. The Morgan fingerprint density at radius 1 is 1.12 bits per heavy atom. The first-order valence-corrected chi connectivity index (χ1v) is 8.24. The Bertz CT molecular complexity index is 830. The standard InChI is InChI=1S/C19H16ClFN2O2/c20-16-11-14(21)6-9-17(16)23-18(24)10-3-12-1-4-13(5-2-12)19(25)22-15-7-8-15/h1-6,9-11,15H,7-8H2,(H,22,25)(H,23,24)/b10-3+. The zero-order chi connectivity index (χ0) is 17.8. The molecule has 0 spiro atoms. The van der Waals surface area contributed by atoms with Gasteiger partial charge in [-0.15, -0.1) is 0 Å². The zero-order valence-corrected chi connectivity index (χ0v) is 14.0. The molecule has 0 saturated heterocycles. The summed E-state index contributed by atoms with van der Waals surface area (Å²) in [7, 11) is 0. The summed E-state index contributed by atoms with van der Waals surface area (Å²) < 4.78 is 13.0. The lowest BCUT2D eigenvalue weighted by molar-refractivity contribution is -0.111. The summed E-state index contributed by atoms with van der Waals surface area (Å²) in [6, 6.07) is 11.0. The van der Waals surface area contributed by atoms with Gasteiger partial charge < -0.3 is 10.6 Å². The Morgan fingerprint density at radius 3 is 2.48 bits per heavy atom. The summed E-state index contributed by atoms with van der Waals surface area (Å²) in [6.07, 6.45) is 5.05. The van der Waals surface area contributed by atoms with E-state index < -0.39 is 5.82 Å². The highest BCUT2D eigenvalue weighted by molar-refractivity contribution is 6.33.